The van der Waals surface area contributed by atoms with Crippen molar-refractivity contribution in [2.45, 2.75) is 13.8 Å². The lowest BCUT2D eigenvalue weighted by molar-refractivity contribution is -0.116. The maximum atomic E-state index is 12.1. The minimum atomic E-state index is -0.210. The molecule has 2 rings (SSSR count). The van der Waals surface area contributed by atoms with Crippen LogP contribution in [0.1, 0.15) is 24.2 Å². The molecule has 0 heterocycles. The van der Waals surface area contributed by atoms with Crippen molar-refractivity contribution in [1.29, 1.82) is 0 Å². The molecule has 0 aromatic heterocycles. The number of anilines is 1. The van der Waals surface area contributed by atoms with Crippen LogP contribution in [0, 0.1) is 0 Å². The molecule has 0 bridgehead atoms. The van der Waals surface area contributed by atoms with Gasteiger partial charge in [-0.15, -0.1) is 0 Å². The fourth-order valence-corrected chi connectivity index (χ4v) is 2.52. The monoisotopic (exact) mass is 360 g/mol. The van der Waals surface area contributed by atoms with Gasteiger partial charge in [0.2, 0.25) is 5.91 Å². The van der Waals surface area contributed by atoms with Crippen LogP contribution in [0.3, 0.4) is 0 Å². The number of carbonyl (C=O) groups excluding carboxylic acids is 2. The molecule has 0 aliphatic heterocycles. The van der Waals surface area contributed by atoms with Gasteiger partial charge in [0, 0.05) is 30.6 Å². The van der Waals surface area contributed by atoms with Crippen LogP contribution in [0.4, 0.5) is 5.69 Å². The van der Waals surface area contributed by atoms with E-state index in [0.717, 1.165) is 0 Å². The molecular weight excluding hydrogens is 340 g/mol. The largest absolute Gasteiger partial charge is 0.492 e. The van der Waals surface area contributed by atoms with Crippen LogP contribution >= 0.6 is 11.6 Å². The van der Waals surface area contributed by atoms with Crippen LogP contribution < -0.4 is 15.0 Å². The van der Waals surface area contributed by atoms with Gasteiger partial charge in [0.1, 0.15) is 5.75 Å². The van der Waals surface area contributed by atoms with E-state index in [1.807, 2.05) is 31.2 Å². The summed E-state index contributed by atoms with van der Waals surface area (Å²) in [4.78, 5) is 25.7. The fraction of sp³-hybridized carbons (Fsp3) is 0.263. The Kier molecular flexibility index (Phi) is 6.83. The number of nitrogens with one attached hydrogen (secondary N) is 1. The molecule has 2 aromatic carbocycles. The van der Waals surface area contributed by atoms with Crippen molar-refractivity contribution in [2.24, 2.45) is 0 Å². The molecule has 0 fully saturated rings. The van der Waals surface area contributed by atoms with Gasteiger partial charge in [-0.1, -0.05) is 23.7 Å². The standard InChI is InChI=1S/C19H21ClN2O3/c1-3-25-18-7-5-4-6-17(18)22(14(2)23)13-12-21-19(24)15-8-10-16(20)11-9-15/h4-11H,3,12-13H2,1-2H3,(H,21,24). The van der Waals surface area contributed by atoms with Gasteiger partial charge >= 0.3 is 0 Å². The van der Waals surface area contributed by atoms with Crippen LogP contribution in [0.25, 0.3) is 0 Å². The third-order valence-corrected chi connectivity index (χ3v) is 3.82. The zero-order valence-corrected chi connectivity index (χ0v) is 15.0. The van der Waals surface area contributed by atoms with E-state index in [1.54, 1.807) is 29.2 Å². The molecule has 2 amide bonds. The molecule has 0 aliphatic carbocycles. The van der Waals surface area contributed by atoms with E-state index in [9.17, 15) is 9.59 Å². The van der Waals surface area contributed by atoms with Crippen LogP contribution in [0.2, 0.25) is 5.02 Å². The van der Waals surface area contributed by atoms with Gasteiger partial charge < -0.3 is 15.0 Å². The Morgan fingerprint density at radius 2 is 1.80 bits per heavy atom. The molecule has 2 aromatic rings. The Hall–Kier alpha value is -2.53. The Balaban J connectivity index is 2.02. The first-order valence-corrected chi connectivity index (χ1v) is 8.44. The van der Waals surface area contributed by atoms with Gasteiger partial charge in [0.05, 0.1) is 12.3 Å². The molecule has 0 spiro atoms. The van der Waals surface area contributed by atoms with E-state index in [2.05, 4.69) is 5.32 Å². The number of amides is 2. The Bertz CT molecular complexity index is 732. The first-order chi connectivity index (χ1) is 12.0. The van der Waals surface area contributed by atoms with Gasteiger partial charge in [0.15, 0.2) is 0 Å². The number of hydrogen-bond acceptors (Lipinski definition) is 3. The van der Waals surface area contributed by atoms with Crippen molar-refractivity contribution in [3.05, 3.63) is 59.1 Å². The Morgan fingerprint density at radius 1 is 1.12 bits per heavy atom. The number of rotatable bonds is 7. The SMILES string of the molecule is CCOc1ccccc1N(CCNC(=O)c1ccc(Cl)cc1)C(C)=O. The van der Waals surface area contributed by atoms with Gasteiger partial charge in [-0.3, -0.25) is 9.59 Å². The minimum absolute atomic E-state index is 0.118. The van der Waals surface area contributed by atoms with Crippen LogP contribution in [-0.2, 0) is 4.79 Å². The second-order valence-corrected chi connectivity index (χ2v) is 5.77. The van der Waals surface area contributed by atoms with Crippen molar-refractivity contribution in [3.63, 3.8) is 0 Å². The van der Waals surface area contributed by atoms with Crippen LogP contribution in [-0.4, -0.2) is 31.5 Å². The van der Waals surface area contributed by atoms with Crippen molar-refractivity contribution in [1.82, 2.24) is 5.32 Å². The van der Waals surface area contributed by atoms with E-state index < -0.39 is 0 Å². The van der Waals surface area contributed by atoms with E-state index in [-0.39, 0.29) is 11.8 Å². The van der Waals surface area contributed by atoms with E-state index in [1.165, 1.54) is 6.92 Å². The van der Waals surface area contributed by atoms with Gasteiger partial charge in [-0.05, 0) is 43.3 Å². The molecule has 25 heavy (non-hydrogen) atoms. The summed E-state index contributed by atoms with van der Waals surface area (Å²) >= 11 is 5.82. The van der Waals surface area contributed by atoms with Gasteiger partial charge in [0.25, 0.3) is 5.91 Å². The minimum Gasteiger partial charge on any atom is -0.492 e. The maximum absolute atomic E-state index is 12.1. The number of para-hydroxylation sites is 2. The number of ether oxygens (including phenoxy) is 1. The van der Waals surface area contributed by atoms with E-state index in [0.29, 0.717) is 41.7 Å². The summed E-state index contributed by atoms with van der Waals surface area (Å²) in [5.74, 6) is 0.315. The first-order valence-electron chi connectivity index (χ1n) is 8.06. The number of nitrogens with zero attached hydrogens (tertiary/aromatic N) is 1. The highest BCUT2D eigenvalue weighted by atomic mass is 35.5. The number of carbonyl (C=O) groups is 2. The summed E-state index contributed by atoms with van der Waals surface area (Å²) < 4.78 is 5.58. The lowest BCUT2D eigenvalue weighted by Gasteiger charge is -2.23. The summed E-state index contributed by atoms with van der Waals surface area (Å²) in [5.41, 5.74) is 1.21. The molecule has 6 heteroatoms. The average Bonchev–Trinajstić information content (AvgIpc) is 2.60. The highest BCUT2D eigenvalue weighted by Gasteiger charge is 2.16. The molecular formula is C19H21ClN2O3. The molecule has 0 aliphatic rings. The fourth-order valence-electron chi connectivity index (χ4n) is 2.39. The topological polar surface area (TPSA) is 58.6 Å². The number of hydrogen-bond donors (Lipinski definition) is 1. The van der Waals surface area contributed by atoms with Crippen LogP contribution in [0.15, 0.2) is 48.5 Å². The molecule has 0 saturated carbocycles. The molecule has 0 radical (unpaired) electrons. The maximum Gasteiger partial charge on any atom is 0.251 e. The summed E-state index contributed by atoms with van der Waals surface area (Å²) in [6, 6.07) is 14.0. The second-order valence-electron chi connectivity index (χ2n) is 5.33. The number of benzene rings is 2. The predicted octanol–water partition coefficient (Wildman–Crippen LogP) is 3.52. The van der Waals surface area contributed by atoms with E-state index >= 15 is 0 Å². The highest BCUT2D eigenvalue weighted by molar-refractivity contribution is 6.30. The summed E-state index contributed by atoms with van der Waals surface area (Å²) in [5, 5.41) is 3.38. The summed E-state index contributed by atoms with van der Waals surface area (Å²) in [6.45, 7) is 4.56. The smallest absolute Gasteiger partial charge is 0.251 e. The number of halogens is 1. The molecule has 132 valence electrons. The van der Waals surface area contributed by atoms with Crippen molar-refractivity contribution >= 4 is 29.1 Å². The van der Waals surface area contributed by atoms with E-state index in [4.69, 9.17) is 16.3 Å². The first kappa shape index (κ1) is 18.8. The molecule has 1 N–H and O–H groups in total. The van der Waals surface area contributed by atoms with Crippen molar-refractivity contribution < 1.29 is 14.3 Å². The van der Waals surface area contributed by atoms with Crippen molar-refractivity contribution in [2.75, 3.05) is 24.6 Å². The van der Waals surface area contributed by atoms with Gasteiger partial charge in [-0.2, -0.15) is 0 Å². The molecule has 5 nitrogen and oxygen atoms in total. The normalized spacial score (nSPS) is 10.2. The third kappa shape index (κ3) is 5.22. The zero-order valence-electron chi connectivity index (χ0n) is 14.3. The summed E-state index contributed by atoms with van der Waals surface area (Å²) in [6.07, 6.45) is 0. The lowest BCUT2D eigenvalue weighted by atomic mass is 10.2. The average molecular weight is 361 g/mol. The molecule has 0 saturated heterocycles. The Labute approximate surface area is 152 Å². The second kappa shape index (κ2) is 9.08. The quantitative estimate of drug-likeness (QED) is 0.821. The van der Waals surface area contributed by atoms with Crippen LogP contribution in [0.5, 0.6) is 5.75 Å². The highest BCUT2D eigenvalue weighted by Crippen LogP contribution is 2.27. The molecule has 0 unspecified atom stereocenters. The lowest BCUT2D eigenvalue weighted by Crippen LogP contribution is -2.37. The summed E-state index contributed by atoms with van der Waals surface area (Å²) in [7, 11) is 0. The predicted molar refractivity (Wildman–Crippen MR) is 99.4 cm³/mol. The molecule has 0 atom stereocenters. The third-order valence-electron chi connectivity index (χ3n) is 3.56. The van der Waals surface area contributed by atoms with Crippen molar-refractivity contribution in [3.8, 4) is 5.75 Å². The van der Waals surface area contributed by atoms with Gasteiger partial charge in [-0.25, -0.2) is 0 Å². The zero-order chi connectivity index (χ0) is 18.2. The Morgan fingerprint density at radius 3 is 2.44 bits per heavy atom.